The fourth-order valence-corrected chi connectivity index (χ4v) is 16.4. The number of hydrogen-bond acceptors (Lipinski definition) is 36. The zero-order chi connectivity index (χ0) is 98.0. The standard InChI is InChI=1S/C25H28N8O3.C24H30N8O3.C21H31N5O3.C19H29N5O2.C7H13N3O3S/c1-34-15-16-35-20-6-4-19(5-7-20)31-11-8-30(9-12-31)10-13-32-24-21(17-27-32)25-28-23(22-3-2-14-36-22)29-33(25)18-26-24;1-33-15-16-34-19-6-4-18(5-7-19)31-11-8-30(9-12-31)10-13-32-22(25)20(17-26-32)23-27-24(29-28-23)21-3-2-14-35-21;1-18-16-23-26(21(18)22-17-28-3)13-10-24-8-11-25(12-9-24)19-4-6-20(7-5-19)29-15-14-27-2;1-16-15-21-24(19(16)20)12-9-22-7-10-23(11-8-22)17-3-5-18(6-4-17)26-14-13-25-2;1-6-5-9-10(7(6)8)3-4-13-14(2,11)12/h2-7,14,17-18H,8-13,15-16H2,1H3;2-7,14,17H,8-13,15-16,25H2,1H3,(H,27,28,29);4-7,16-17H,8-15H2,1-3H3;3-6,15H,7-14,20H2,1-2H3;5H,3-4,8H2,1-2H3. The van der Waals surface area contributed by atoms with Gasteiger partial charge in [-0.1, -0.05) is 0 Å². The highest BCUT2D eigenvalue weighted by molar-refractivity contribution is 7.86. The van der Waals surface area contributed by atoms with Gasteiger partial charge in [0.05, 0.1) is 134 Å². The van der Waals surface area contributed by atoms with Gasteiger partial charge in [-0.2, -0.15) is 39.0 Å². The number of furan rings is 2. The highest BCUT2D eigenvalue weighted by Gasteiger charge is 2.26. The van der Waals surface area contributed by atoms with Gasteiger partial charge in [0.25, 0.3) is 10.1 Å². The lowest BCUT2D eigenvalue weighted by Crippen LogP contribution is -2.47. The minimum absolute atomic E-state index is 0.0458. The number of ether oxygens (including phenoxy) is 9. The van der Waals surface area contributed by atoms with Gasteiger partial charge in [-0.25, -0.2) is 47.9 Å². The van der Waals surface area contributed by atoms with Gasteiger partial charge in [0, 0.05) is 199 Å². The summed E-state index contributed by atoms with van der Waals surface area (Å²) in [7, 11) is 4.92. The van der Waals surface area contributed by atoms with Crippen LogP contribution < -0.4 is 55.7 Å². The number of aliphatic imine (C=N–C) groups is 1. The molecular formula is C96H131N29O14S. The number of hydrogen-bond donors (Lipinski definition) is 4. The van der Waals surface area contributed by atoms with Crippen molar-refractivity contribution in [2.24, 2.45) is 4.99 Å². The molecule has 0 unspecified atom stereocenters. The molecule has 0 aliphatic carbocycles. The van der Waals surface area contributed by atoms with E-state index < -0.39 is 10.1 Å². The number of aryl methyl sites for hydroxylation is 3. The number of aromatic nitrogens is 17. The van der Waals surface area contributed by atoms with Gasteiger partial charge in [-0.15, -0.1) is 5.10 Å². The van der Waals surface area contributed by atoms with Crippen molar-refractivity contribution in [1.29, 1.82) is 0 Å². The number of nitrogens with one attached hydrogen (secondary N) is 1. The van der Waals surface area contributed by atoms with E-state index in [-0.39, 0.29) is 6.61 Å². The van der Waals surface area contributed by atoms with E-state index in [4.69, 9.17) is 68.7 Å². The molecule has 10 aromatic heterocycles. The summed E-state index contributed by atoms with van der Waals surface area (Å²) in [4.78, 5) is 37.6. The molecule has 750 valence electrons. The average Bonchev–Trinajstić information content (AvgIpc) is 1.61. The second-order valence-electron chi connectivity index (χ2n) is 33.6. The molecule has 0 spiro atoms. The number of methoxy groups -OCH3 is 5. The predicted molar refractivity (Wildman–Crippen MR) is 537 cm³/mol. The molecule has 43 nitrogen and oxygen atoms in total. The molecule has 0 amide bonds. The monoisotopic (exact) mass is 1950 g/mol. The van der Waals surface area contributed by atoms with Crippen molar-refractivity contribution in [2.75, 3.05) is 269 Å². The number of rotatable bonds is 41. The van der Waals surface area contributed by atoms with Gasteiger partial charge in [-0.05, 0) is 142 Å². The van der Waals surface area contributed by atoms with Crippen molar-refractivity contribution in [3.05, 3.63) is 188 Å². The molecule has 0 bridgehead atoms. The molecule has 7 N–H and O–H groups in total. The Morgan fingerprint density at radius 3 is 1.19 bits per heavy atom. The van der Waals surface area contributed by atoms with Crippen molar-refractivity contribution >= 4 is 79.2 Å². The van der Waals surface area contributed by atoms with Crippen LogP contribution in [-0.2, 0) is 70.7 Å². The number of fused-ring (bicyclic) bond motifs is 3. The van der Waals surface area contributed by atoms with Crippen molar-refractivity contribution in [3.8, 4) is 57.6 Å². The van der Waals surface area contributed by atoms with Gasteiger partial charge in [0.1, 0.15) is 73.2 Å². The molecular weight excluding hydrogens is 1820 g/mol. The second kappa shape index (κ2) is 51.8. The SMILES string of the molecule is COC=Nc1c(C)cnn1CCN1CCN(c2ccc(OCCOC)cc2)CC1.COCCOc1ccc(N2CCN(CCn3ncc(-c4n[nH]c(-c5ccco5)n4)c3N)CC2)cc1.COCCOc1ccc(N2CCN(CCn3ncc(C)c3N)CC2)cc1.COCCOc1ccc(N2CCN(CCn3ncc4c3ncn3nc(-c5ccco5)nc43)CC2)cc1.Cc1cnn(CCOS(C)(=O)=O)c1N. The first-order chi connectivity index (χ1) is 68.3. The molecule has 0 radical (unpaired) electrons. The molecule has 18 rings (SSSR count). The fourth-order valence-electron chi connectivity index (χ4n) is 16.1. The first-order valence-corrected chi connectivity index (χ1v) is 48.7. The number of H-pyrrole nitrogens is 1. The summed E-state index contributed by atoms with van der Waals surface area (Å²) in [6.45, 7) is 33.8. The van der Waals surface area contributed by atoms with E-state index in [0.29, 0.717) is 112 Å². The average molecular weight is 1950 g/mol. The molecule has 4 aromatic carbocycles. The van der Waals surface area contributed by atoms with Crippen LogP contribution in [0.3, 0.4) is 0 Å². The molecule has 4 aliphatic heterocycles. The molecule has 4 aliphatic rings. The summed E-state index contributed by atoms with van der Waals surface area (Å²) < 4.78 is 95.0. The van der Waals surface area contributed by atoms with Crippen molar-refractivity contribution < 1.29 is 64.1 Å². The van der Waals surface area contributed by atoms with E-state index >= 15 is 0 Å². The van der Waals surface area contributed by atoms with Crippen LogP contribution in [0.2, 0.25) is 0 Å². The van der Waals surface area contributed by atoms with Crippen LogP contribution >= 0.6 is 0 Å². The number of piperazine rings is 4. The maximum absolute atomic E-state index is 10.6. The summed E-state index contributed by atoms with van der Waals surface area (Å²) in [5.41, 5.74) is 28.2. The Morgan fingerprint density at radius 1 is 0.407 bits per heavy atom. The summed E-state index contributed by atoms with van der Waals surface area (Å²) in [6, 6.07) is 40.5. The Bertz CT molecular complexity index is 6130. The Balaban J connectivity index is 0.000000143. The van der Waals surface area contributed by atoms with Crippen LogP contribution in [0.4, 0.5) is 46.0 Å². The number of anilines is 7. The fraction of sp³-hybridized carbons (Fsp3) is 0.448. The number of nitrogens with two attached hydrogens (primary N) is 3. The van der Waals surface area contributed by atoms with E-state index in [1.807, 2.05) is 125 Å². The third kappa shape index (κ3) is 29.2. The number of nitrogens with zero attached hydrogens (tertiary/aromatic N) is 25. The van der Waals surface area contributed by atoms with E-state index in [1.165, 1.54) is 33.8 Å². The third-order valence-corrected chi connectivity index (χ3v) is 24.7. The third-order valence-electron chi connectivity index (χ3n) is 24.1. The van der Waals surface area contributed by atoms with E-state index in [2.05, 4.69) is 153 Å². The highest BCUT2D eigenvalue weighted by Crippen LogP contribution is 2.31. The summed E-state index contributed by atoms with van der Waals surface area (Å²) in [6.07, 6.45) is 16.2. The Hall–Kier alpha value is -13.7. The minimum Gasteiger partial charge on any atom is -0.491 e. The van der Waals surface area contributed by atoms with Gasteiger partial charge in [0.2, 0.25) is 5.82 Å². The van der Waals surface area contributed by atoms with E-state index in [9.17, 15) is 8.42 Å². The lowest BCUT2D eigenvalue weighted by Gasteiger charge is -2.36. The van der Waals surface area contributed by atoms with Gasteiger partial charge >= 0.3 is 0 Å². The molecule has 0 atom stereocenters. The van der Waals surface area contributed by atoms with Crippen molar-refractivity contribution in [2.45, 2.75) is 53.5 Å². The molecule has 14 aromatic rings. The first-order valence-electron chi connectivity index (χ1n) is 46.9. The van der Waals surface area contributed by atoms with Crippen LogP contribution in [0.15, 0.2) is 185 Å². The van der Waals surface area contributed by atoms with E-state index in [1.54, 1.807) is 77.4 Å². The smallest absolute Gasteiger partial charge is 0.264 e. The zero-order valence-electron chi connectivity index (χ0n) is 81.3. The number of aromatic amines is 1. The Kier molecular flexibility index (Phi) is 37.8. The number of nitrogen functional groups attached to an aromatic ring is 3. The van der Waals surface area contributed by atoms with E-state index in [0.717, 1.165) is 225 Å². The summed E-state index contributed by atoms with van der Waals surface area (Å²) in [5.74, 6) is 9.07. The largest absolute Gasteiger partial charge is 0.491 e. The Labute approximate surface area is 815 Å². The molecule has 4 fully saturated rings. The lowest BCUT2D eigenvalue weighted by molar-refractivity contribution is 0.146. The van der Waals surface area contributed by atoms with Crippen LogP contribution in [0.1, 0.15) is 16.7 Å². The molecule has 0 saturated carbocycles. The predicted octanol–water partition coefficient (Wildman–Crippen LogP) is 8.66. The Morgan fingerprint density at radius 2 is 0.793 bits per heavy atom. The summed E-state index contributed by atoms with van der Waals surface area (Å²) in [5, 5.41) is 34.3. The molecule has 14 heterocycles. The zero-order valence-corrected chi connectivity index (χ0v) is 82.1. The lowest BCUT2D eigenvalue weighted by atomic mass is 10.2. The molecule has 140 heavy (non-hydrogen) atoms. The number of benzene rings is 4. The second-order valence-corrected chi connectivity index (χ2v) is 35.2. The first kappa shape index (κ1) is 102. The maximum Gasteiger partial charge on any atom is 0.264 e. The topological polar surface area (TPSA) is 443 Å². The van der Waals surface area contributed by atoms with Crippen molar-refractivity contribution in [1.82, 2.24) is 103 Å². The van der Waals surface area contributed by atoms with Crippen LogP contribution in [0.5, 0.6) is 23.0 Å². The van der Waals surface area contributed by atoms with Gasteiger partial charge in [-0.3, -0.25) is 28.9 Å². The molecule has 4 saturated heterocycles. The quantitative estimate of drug-likeness (QED) is 0.0120. The van der Waals surface area contributed by atoms with Crippen LogP contribution in [0, 0.1) is 20.8 Å². The van der Waals surface area contributed by atoms with Gasteiger partial charge < -0.3 is 88.3 Å². The minimum atomic E-state index is -3.38. The van der Waals surface area contributed by atoms with Crippen molar-refractivity contribution in [3.63, 3.8) is 0 Å². The van der Waals surface area contributed by atoms with Gasteiger partial charge in [0.15, 0.2) is 46.7 Å². The highest BCUT2D eigenvalue weighted by atomic mass is 32.2. The molecule has 44 heteroatoms. The summed E-state index contributed by atoms with van der Waals surface area (Å²) >= 11 is 0. The normalized spacial score (nSPS) is 14.6. The maximum atomic E-state index is 10.6. The van der Waals surface area contributed by atoms with Crippen LogP contribution in [-0.4, -0.2) is 350 Å². The van der Waals surface area contributed by atoms with Crippen LogP contribution in [0.25, 0.3) is 51.2 Å².